The van der Waals surface area contributed by atoms with Gasteiger partial charge in [-0.15, -0.1) is 0 Å². The van der Waals surface area contributed by atoms with Crippen LogP contribution >= 0.6 is 15.9 Å². The molecule has 2 unspecified atom stereocenters. The van der Waals surface area contributed by atoms with E-state index < -0.39 is 0 Å². The molecule has 18 heavy (non-hydrogen) atoms. The summed E-state index contributed by atoms with van der Waals surface area (Å²) in [5.41, 5.74) is 5.06. The Hall–Kier alpha value is -0.300. The van der Waals surface area contributed by atoms with Gasteiger partial charge in [0, 0.05) is 5.33 Å². The Labute approximate surface area is 120 Å². The number of halogens is 1. The van der Waals surface area contributed by atoms with Crippen molar-refractivity contribution < 1.29 is 0 Å². The third kappa shape index (κ3) is 2.82. The molecule has 0 N–H and O–H groups in total. The molecule has 0 spiro atoms. The Morgan fingerprint density at radius 3 is 2.67 bits per heavy atom. The lowest BCUT2D eigenvalue weighted by molar-refractivity contribution is 0.314. The van der Waals surface area contributed by atoms with Crippen molar-refractivity contribution in [3.63, 3.8) is 0 Å². The fourth-order valence-corrected chi connectivity index (χ4v) is 3.71. The van der Waals surface area contributed by atoms with Crippen LogP contribution in [-0.4, -0.2) is 5.33 Å². The number of hydrogen-bond acceptors (Lipinski definition) is 0. The highest BCUT2D eigenvalue weighted by atomic mass is 79.9. The van der Waals surface area contributed by atoms with Crippen molar-refractivity contribution in [2.75, 3.05) is 5.33 Å². The summed E-state index contributed by atoms with van der Waals surface area (Å²) in [5.74, 6) is 1.40. The molecule has 1 aromatic carbocycles. The topological polar surface area (TPSA) is 0 Å². The Morgan fingerprint density at radius 2 is 2.06 bits per heavy atom. The predicted octanol–water partition coefficient (Wildman–Crippen LogP) is 5.65. The first-order valence-electron chi connectivity index (χ1n) is 7.12. The predicted molar refractivity (Wildman–Crippen MR) is 83.8 cm³/mol. The van der Waals surface area contributed by atoms with Crippen LogP contribution in [0.25, 0.3) is 0 Å². The first-order valence-corrected chi connectivity index (χ1v) is 8.24. The van der Waals surface area contributed by atoms with E-state index >= 15 is 0 Å². The molecule has 2 rings (SSSR count). The minimum Gasteiger partial charge on any atom is -0.0928 e. The zero-order chi connectivity index (χ0) is 13.3. The van der Waals surface area contributed by atoms with E-state index in [0.717, 1.165) is 11.2 Å². The van der Waals surface area contributed by atoms with E-state index in [1.165, 1.54) is 24.8 Å². The molecule has 0 amide bonds. The normalized spacial score (nSPS) is 20.8. The van der Waals surface area contributed by atoms with Crippen LogP contribution in [0.3, 0.4) is 0 Å². The molecule has 2 atom stereocenters. The smallest absolute Gasteiger partial charge is 0.00373 e. The molecule has 0 heterocycles. The molecule has 0 nitrogen and oxygen atoms in total. The highest BCUT2D eigenvalue weighted by molar-refractivity contribution is 9.09. The fourth-order valence-electron chi connectivity index (χ4n) is 3.25. The van der Waals surface area contributed by atoms with Gasteiger partial charge in [0.25, 0.3) is 0 Å². The second-order valence-electron chi connectivity index (χ2n) is 6.79. The SMILES string of the molecule is CC1CCc2ccc(C(CCBr)C(C)(C)C)cc21. The largest absolute Gasteiger partial charge is 0.0928 e. The van der Waals surface area contributed by atoms with Gasteiger partial charge in [0.2, 0.25) is 0 Å². The van der Waals surface area contributed by atoms with Gasteiger partial charge in [0.1, 0.15) is 0 Å². The zero-order valence-electron chi connectivity index (χ0n) is 12.1. The van der Waals surface area contributed by atoms with E-state index in [0.29, 0.717) is 11.3 Å². The van der Waals surface area contributed by atoms with Crippen molar-refractivity contribution in [1.82, 2.24) is 0 Å². The van der Waals surface area contributed by atoms with E-state index in [1.807, 2.05) is 0 Å². The Bertz CT molecular complexity index is 414. The van der Waals surface area contributed by atoms with Gasteiger partial charge in [0.05, 0.1) is 0 Å². The minimum atomic E-state index is 0.337. The van der Waals surface area contributed by atoms with Gasteiger partial charge in [-0.05, 0) is 53.2 Å². The number of aryl methyl sites for hydroxylation is 1. The van der Waals surface area contributed by atoms with Gasteiger partial charge in [-0.3, -0.25) is 0 Å². The first-order chi connectivity index (χ1) is 8.43. The lowest BCUT2D eigenvalue weighted by atomic mass is 9.74. The third-order valence-electron chi connectivity index (χ3n) is 4.39. The number of rotatable bonds is 3. The van der Waals surface area contributed by atoms with Gasteiger partial charge in [-0.1, -0.05) is 61.8 Å². The quantitative estimate of drug-likeness (QED) is 0.633. The molecule has 1 aromatic rings. The second-order valence-corrected chi connectivity index (χ2v) is 7.59. The van der Waals surface area contributed by atoms with Crippen molar-refractivity contribution in [2.24, 2.45) is 5.41 Å². The number of alkyl halides is 1. The molecule has 0 aromatic heterocycles. The highest BCUT2D eigenvalue weighted by Crippen LogP contribution is 2.41. The summed E-state index contributed by atoms with van der Waals surface area (Å²) >= 11 is 3.61. The summed E-state index contributed by atoms with van der Waals surface area (Å²) in [7, 11) is 0. The number of hydrogen-bond donors (Lipinski definition) is 0. The molecule has 0 saturated carbocycles. The maximum atomic E-state index is 3.61. The van der Waals surface area contributed by atoms with Crippen LogP contribution < -0.4 is 0 Å². The monoisotopic (exact) mass is 308 g/mol. The molecule has 0 radical (unpaired) electrons. The lowest BCUT2D eigenvalue weighted by Crippen LogP contribution is -2.19. The van der Waals surface area contributed by atoms with Gasteiger partial charge in [-0.2, -0.15) is 0 Å². The number of fused-ring (bicyclic) bond motifs is 1. The van der Waals surface area contributed by atoms with Crippen LogP contribution in [0.5, 0.6) is 0 Å². The second kappa shape index (κ2) is 5.36. The van der Waals surface area contributed by atoms with Crippen molar-refractivity contribution in [3.8, 4) is 0 Å². The Balaban J connectivity index is 2.35. The van der Waals surface area contributed by atoms with E-state index in [1.54, 1.807) is 11.1 Å². The van der Waals surface area contributed by atoms with Crippen LogP contribution in [0.2, 0.25) is 0 Å². The molecule has 0 saturated heterocycles. The van der Waals surface area contributed by atoms with Crippen molar-refractivity contribution in [2.45, 2.75) is 58.8 Å². The average molecular weight is 309 g/mol. The highest BCUT2D eigenvalue weighted by Gasteiger charge is 2.27. The summed E-state index contributed by atoms with van der Waals surface area (Å²) in [6, 6.07) is 7.24. The Morgan fingerprint density at radius 1 is 1.33 bits per heavy atom. The van der Waals surface area contributed by atoms with Crippen molar-refractivity contribution >= 4 is 15.9 Å². The molecule has 1 aliphatic carbocycles. The number of benzene rings is 1. The van der Waals surface area contributed by atoms with Crippen molar-refractivity contribution in [3.05, 3.63) is 34.9 Å². The van der Waals surface area contributed by atoms with Crippen LogP contribution in [0, 0.1) is 5.41 Å². The summed E-state index contributed by atoms with van der Waals surface area (Å²) in [6.45, 7) is 9.44. The molecular weight excluding hydrogens is 284 g/mol. The zero-order valence-corrected chi connectivity index (χ0v) is 13.7. The van der Waals surface area contributed by atoms with Crippen LogP contribution in [-0.2, 0) is 6.42 Å². The lowest BCUT2D eigenvalue weighted by Gasteiger charge is -2.31. The van der Waals surface area contributed by atoms with E-state index in [9.17, 15) is 0 Å². The molecule has 1 aliphatic rings. The molecule has 1 heteroatoms. The van der Waals surface area contributed by atoms with Crippen LogP contribution in [0.1, 0.15) is 69.1 Å². The molecule has 0 aliphatic heterocycles. The summed E-state index contributed by atoms with van der Waals surface area (Å²) in [6.07, 6.45) is 3.82. The molecule has 0 fully saturated rings. The molecular formula is C17H25Br. The van der Waals surface area contributed by atoms with Gasteiger partial charge >= 0.3 is 0 Å². The van der Waals surface area contributed by atoms with E-state index in [2.05, 4.69) is 61.8 Å². The van der Waals surface area contributed by atoms with Gasteiger partial charge < -0.3 is 0 Å². The standard InChI is InChI=1S/C17H25Br/c1-12-5-6-13-7-8-14(11-15(12)13)16(9-10-18)17(2,3)4/h7-8,11-12,16H,5-6,9-10H2,1-4H3. The van der Waals surface area contributed by atoms with Gasteiger partial charge in [0.15, 0.2) is 0 Å². The van der Waals surface area contributed by atoms with Gasteiger partial charge in [-0.25, -0.2) is 0 Å². The minimum absolute atomic E-state index is 0.337. The summed E-state index contributed by atoms with van der Waals surface area (Å²) in [5, 5.41) is 1.08. The van der Waals surface area contributed by atoms with Crippen LogP contribution in [0.4, 0.5) is 0 Å². The Kier molecular flexibility index (Phi) is 4.21. The fraction of sp³-hybridized carbons (Fsp3) is 0.647. The molecule has 0 bridgehead atoms. The maximum Gasteiger partial charge on any atom is 0.00373 e. The van der Waals surface area contributed by atoms with E-state index in [4.69, 9.17) is 0 Å². The maximum absolute atomic E-state index is 3.61. The summed E-state index contributed by atoms with van der Waals surface area (Å²) in [4.78, 5) is 0. The molecule has 100 valence electrons. The van der Waals surface area contributed by atoms with Crippen LogP contribution in [0.15, 0.2) is 18.2 Å². The average Bonchev–Trinajstić information content (AvgIpc) is 2.66. The van der Waals surface area contributed by atoms with Crippen molar-refractivity contribution in [1.29, 1.82) is 0 Å². The first kappa shape index (κ1) is 14.1. The third-order valence-corrected chi connectivity index (χ3v) is 4.85. The summed E-state index contributed by atoms with van der Waals surface area (Å²) < 4.78 is 0. The van der Waals surface area contributed by atoms with E-state index in [-0.39, 0.29) is 0 Å².